The normalized spacial score (nSPS) is 10.0. The Morgan fingerprint density at radius 1 is 1.30 bits per heavy atom. The highest BCUT2D eigenvalue weighted by Gasteiger charge is 2.11. The number of methoxy groups -OCH3 is 1. The van der Waals surface area contributed by atoms with Gasteiger partial charge in [0.25, 0.3) is 0 Å². The van der Waals surface area contributed by atoms with E-state index in [0.717, 1.165) is 5.69 Å². The number of carbonyl (C=O) groups excluding carboxylic acids is 1. The molecule has 2 N–H and O–H groups in total. The highest BCUT2D eigenvalue weighted by Crippen LogP contribution is 2.19. The molecule has 7 nitrogen and oxygen atoms in total. The van der Waals surface area contributed by atoms with Gasteiger partial charge in [0.2, 0.25) is 0 Å². The van der Waals surface area contributed by atoms with Crippen LogP contribution in [0.5, 0.6) is 0 Å². The zero-order valence-electron chi connectivity index (χ0n) is 13.3. The maximum atomic E-state index is 11.0. The monoisotopic (exact) mass is 343 g/mol. The summed E-state index contributed by atoms with van der Waals surface area (Å²) in [6, 6.07) is 7.38. The summed E-state index contributed by atoms with van der Waals surface area (Å²) in [7, 11) is 2.84. The zero-order valence-corrected chi connectivity index (χ0v) is 14.0. The molecule has 0 aliphatic rings. The number of halogens is 1. The van der Waals surface area contributed by atoms with E-state index in [1.807, 2.05) is 23.1 Å². The van der Waals surface area contributed by atoms with E-state index < -0.39 is 12.2 Å². The number of nitrogens with one attached hydrogen (secondary N) is 1. The first kappa shape index (κ1) is 18.9. The summed E-state index contributed by atoms with van der Waals surface area (Å²) >= 11 is 6.02. The molecule has 1 aromatic rings. The molecule has 0 aromatic heterocycles. The SMILES string of the molecule is COC(=O)NCCCN(CCN(C)C(=O)O)c1cccc(Cl)c1. The Kier molecular flexibility index (Phi) is 8.04. The zero-order chi connectivity index (χ0) is 17.2. The first-order valence-electron chi connectivity index (χ1n) is 7.20. The molecular formula is C15H22ClN3O4. The number of likely N-dealkylation sites (N-methyl/N-ethyl adjacent to an activating group) is 1. The molecule has 0 spiro atoms. The first-order valence-corrected chi connectivity index (χ1v) is 7.58. The van der Waals surface area contributed by atoms with Gasteiger partial charge in [-0.3, -0.25) is 0 Å². The number of benzene rings is 1. The van der Waals surface area contributed by atoms with Gasteiger partial charge in [-0.25, -0.2) is 9.59 Å². The summed E-state index contributed by atoms with van der Waals surface area (Å²) in [6.07, 6.45) is -0.744. The second kappa shape index (κ2) is 9.78. The number of nitrogens with zero attached hydrogens (tertiary/aromatic N) is 2. The summed E-state index contributed by atoms with van der Waals surface area (Å²) < 4.78 is 4.51. The predicted molar refractivity (Wildman–Crippen MR) is 89.3 cm³/mol. The third-order valence-corrected chi connectivity index (χ3v) is 3.50. The third-order valence-electron chi connectivity index (χ3n) is 3.26. The fourth-order valence-electron chi connectivity index (χ4n) is 1.94. The number of anilines is 1. The van der Waals surface area contributed by atoms with Gasteiger partial charge in [0, 0.05) is 43.9 Å². The Morgan fingerprint density at radius 2 is 2.04 bits per heavy atom. The van der Waals surface area contributed by atoms with E-state index in [1.165, 1.54) is 19.1 Å². The Bertz CT molecular complexity index is 527. The number of hydrogen-bond donors (Lipinski definition) is 2. The summed E-state index contributed by atoms with van der Waals surface area (Å²) in [4.78, 5) is 25.2. The fourth-order valence-corrected chi connectivity index (χ4v) is 2.13. The lowest BCUT2D eigenvalue weighted by Gasteiger charge is -2.27. The molecule has 0 radical (unpaired) electrons. The summed E-state index contributed by atoms with van der Waals surface area (Å²) in [5.41, 5.74) is 0.911. The maximum absolute atomic E-state index is 11.0. The highest BCUT2D eigenvalue weighted by molar-refractivity contribution is 6.30. The lowest BCUT2D eigenvalue weighted by molar-refractivity contribution is 0.157. The van der Waals surface area contributed by atoms with Crippen LogP contribution in [0.1, 0.15) is 6.42 Å². The van der Waals surface area contributed by atoms with Crippen molar-refractivity contribution in [3.63, 3.8) is 0 Å². The Balaban J connectivity index is 2.61. The van der Waals surface area contributed by atoms with Crippen molar-refractivity contribution < 1.29 is 19.4 Å². The van der Waals surface area contributed by atoms with E-state index in [0.29, 0.717) is 37.6 Å². The largest absolute Gasteiger partial charge is 0.465 e. The highest BCUT2D eigenvalue weighted by atomic mass is 35.5. The Labute approximate surface area is 140 Å². The van der Waals surface area contributed by atoms with Crippen molar-refractivity contribution in [3.05, 3.63) is 29.3 Å². The van der Waals surface area contributed by atoms with E-state index in [1.54, 1.807) is 6.07 Å². The van der Waals surface area contributed by atoms with E-state index in [4.69, 9.17) is 16.7 Å². The molecule has 0 aliphatic carbocycles. The van der Waals surface area contributed by atoms with Crippen molar-refractivity contribution in [2.24, 2.45) is 0 Å². The van der Waals surface area contributed by atoms with Gasteiger partial charge >= 0.3 is 12.2 Å². The molecule has 1 rings (SSSR count). The molecular weight excluding hydrogens is 322 g/mol. The molecule has 0 atom stereocenters. The van der Waals surface area contributed by atoms with Crippen LogP contribution in [0.2, 0.25) is 5.02 Å². The molecule has 0 unspecified atom stereocenters. The first-order chi connectivity index (χ1) is 10.9. The van der Waals surface area contributed by atoms with Gasteiger partial charge in [-0.2, -0.15) is 0 Å². The molecule has 8 heteroatoms. The maximum Gasteiger partial charge on any atom is 0.407 e. The molecule has 0 heterocycles. The molecule has 0 saturated heterocycles. The van der Waals surface area contributed by atoms with Crippen LogP contribution in [0.15, 0.2) is 24.3 Å². The number of carboxylic acid groups (broad SMARTS) is 1. The van der Waals surface area contributed by atoms with Gasteiger partial charge < -0.3 is 25.0 Å². The van der Waals surface area contributed by atoms with Crippen LogP contribution in [0.25, 0.3) is 0 Å². The molecule has 128 valence electrons. The number of alkyl carbamates (subject to hydrolysis) is 1. The lowest BCUT2D eigenvalue weighted by Crippen LogP contribution is -2.37. The average molecular weight is 344 g/mol. The fraction of sp³-hybridized carbons (Fsp3) is 0.467. The summed E-state index contributed by atoms with van der Waals surface area (Å²) in [5.74, 6) is 0. The van der Waals surface area contributed by atoms with E-state index in [2.05, 4.69) is 10.1 Å². The van der Waals surface area contributed by atoms with Crippen LogP contribution in [-0.4, -0.2) is 62.5 Å². The van der Waals surface area contributed by atoms with Crippen molar-refractivity contribution in [1.29, 1.82) is 0 Å². The third kappa shape index (κ3) is 7.10. The number of rotatable bonds is 8. The lowest BCUT2D eigenvalue weighted by atomic mass is 10.2. The molecule has 23 heavy (non-hydrogen) atoms. The van der Waals surface area contributed by atoms with Crippen molar-refractivity contribution in [3.8, 4) is 0 Å². The predicted octanol–water partition coefficient (Wildman–Crippen LogP) is 2.50. The minimum Gasteiger partial charge on any atom is -0.465 e. The number of hydrogen-bond acceptors (Lipinski definition) is 4. The van der Waals surface area contributed by atoms with Crippen LogP contribution in [-0.2, 0) is 4.74 Å². The summed E-state index contributed by atoms with van der Waals surface area (Å²) in [5, 5.41) is 12.2. The van der Waals surface area contributed by atoms with Crippen LogP contribution in [0.3, 0.4) is 0 Å². The van der Waals surface area contributed by atoms with Crippen LogP contribution in [0, 0.1) is 0 Å². The van der Waals surface area contributed by atoms with Crippen LogP contribution < -0.4 is 10.2 Å². The van der Waals surface area contributed by atoms with E-state index in [9.17, 15) is 9.59 Å². The van der Waals surface area contributed by atoms with Gasteiger partial charge in [-0.15, -0.1) is 0 Å². The number of carbonyl (C=O) groups is 2. The number of amides is 2. The molecule has 0 fully saturated rings. The van der Waals surface area contributed by atoms with Gasteiger partial charge in [0.15, 0.2) is 0 Å². The van der Waals surface area contributed by atoms with Crippen molar-refractivity contribution in [2.45, 2.75) is 6.42 Å². The molecule has 1 aromatic carbocycles. The molecule has 0 aliphatic heterocycles. The Morgan fingerprint density at radius 3 is 2.65 bits per heavy atom. The topological polar surface area (TPSA) is 82.1 Å². The quantitative estimate of drug-likeness (QED) is 0.709. The van der Waals surface area contributed by atoms with Gasteiger partial charge in [-0.1, -0.05) is 17.7 Å². The standard InChI is InChI=1S/C15H22ClN3O4/c1-18(15(21)22)9-10-19(8-4-7-17-14(20)23-2)13-6-3-5-12(16)11-13/h3,5-6,11H,4,7-10H2,1-2H3,(H,17,20)(H,21,22). The molecule has 2 amide bonds. The van der Waals surface area contributed by atoms with Gasteiger partial charge in [0.1, 0.15) is 0 Å². The van der Waals surface area contributed by atoms with Gasteiger partial charge in [-0.05, 0) is 24.6 Å². The minimum atomic E-state index is -0.969. The van der Waals surface area contributed by atoms with Crippen molar-refractivity contribution in [2.75, 3.05) is 45.2 Å². The molecule has 0 saturated carbocycles. The second-order valence-electron chi connectivity index (χ2n) is 4.94. The second-order valence-corrected chi connectivity index (χ2v) is 5.38. The van der Waals surface area contributed by atoms with E-state index >= 15 is 0 Å². The van der Waals surface area contributed by atoms with E-state index in [-0.39, 0.29) is 0 Å². The van der Waals surface area contributed by atoms with Crippen LogP contribution >= 0.6 is 11.6 Å². The molecule has 0 bridgehead atoms. The smallest absolute Gasteiger partial charge is 0.407 e. The van der Waals surface area contributed by atoms with Crippen molar-refractivity contribution in [1.82, 2.24) is 10.2 Å². The van der Waals surface area contributed by atoms with Crippen LogP contribution in [0.4, 0.5) is 15.3 Å². The number of ether oxygens (including phenoxy) is 1. The average Bonchev–Trinajstić information content (AvgIpc) is 2.53. The summed E-state index contributed by atoms with van der Waals surface area (Å²) in [6.45, 7) is 2.02. The Hall–Kier alpha value is -2.15. The minimum absolute atomic E-state index is 0.367. The van der Waals surface area contributed by atoms with Gasteiger partial charge in [0.05, 0.1) is 7.11 Å². The van der Waals surface area contributed by atoms with Crippen molar-refractivity contribution >= 4 is 29.5 Å².